The largest absolute Gasteiger partial charge is 0.494 e. The molecule has 1 atom stereocenters. The molecule has 0 bridgehead atoms. The molecule has 0 aliphatic carbocycles. The number of ether oxygens (including phenoxy) is 2. The second-order valence-electron chi connectivity index (χ2n) is 9.01. The van der Waals surface area contributed by atoms with Gasteiger partial charge in [-0.1, -0.05) is 35.1 Å². The SMILES string of the molecule is CCOC(=O)C1=C(C)N=c2sc(=Cc3ccc(-c4ccc(Cl)c(C(=O)O)c4)o3)c(=O)n2C1c1ccc(OCC)cc1. The van der Waals surface area contributed by atoms with Crippen molar-refractivity contribution in [1.29, 1.82) is 0 Å². The number of carboxylic acids is 1. The summed E-state index contributed by atoms with van der Waals surface area (Å²) >= 11 is 7.17. The van der Waals surface area contributed by atoms with Crippen molar-refractivity contribution in [2.75, 3.05) is 13.2 Å². The first-order valence-electron chi connectivity index (χ1n) is 12.8. The van der Waals surface area contributed by atoms with Crippen molar-refractivity contribution in [3.63, 3.8) is 0 Å². The van der Waals surface area contributed by atoms with Crippen LogP contribution in [0, 0.1) is 0 Å². The first kappa shape index (κ1) is 28.1. The third-order valence-electron chi connectivity index (χ3n) is 6.41. The number of carbonyl (C=O) groups excluding carboxylic acids is 1. The number of benzene rings is 2. The standard InChI is InChI=1S/C30H25ClN2O7S/c1-4-38-19-9-6-17(7-10-19)26-25(29(37)39-5-2)16(3)32-30-33(26)27(34)24(41-30)15-20-11-13-23(40-20)18-8-12-22(31)21(14-18)28(35)36/h6-15,26H,4-5H2,1-3H3,(H,35,36). The molecule has 4 aromatic rings. The predicted octanol–water partition coefficient (Wildman–Crippen LogP) is 4.81. The zero-order valence-electron chi connectivity index (χ0n) is 22.3. The van der Waals surface area contributed by atoms with Gasteiger partial charge in [0.15, 0.2) is 4.80 Å². The van der Waals surface area contributed by atoms with E-state index in [0.717, 1.165) is 0 Å². The van der Waals surface area contributed by atoms with Gasteiger partial charge >= 0.3 is 11.9 Å². The van der Waals surface area contributed by atoms with E-state index in [1.807, 2.05) is 19.1 Å². The Morgan fingerprint density at radius 2 is 1.88 bits per heavy atom. The molecule has 2 aromatic heterocycles. The molecule has 0 saturated carbocycles. The van der Waals surface area contributed by atoms with E-state index in [4.69, 9.17) is 25.5 Å². The molecule has 1 aliphatic heterocycles. The lowest BCUT2D eigenvalue weighted by Crippen LogP contribution is -2.39. The second-order valence-corrected chi connectivity index (χ2v) is 10.4. The van der Waals surface area contributed by atoms with Gasteiger partial charge in [-0.2, -0.15) is 0 Å². The summed E-state index contributed by atoms with van der Waals surface area (Å²) in [5.41, 5.74) is 1.59. The number of furan rings is 1. The smallest absolute Gasteiger partial charge is 0.338 e. The lowest BCUT2D eigenvalue weighted by atomic mass is 9.96. The van der Waals surface area contributed by atoms with Gasteiger partial charge in [-0.25, -0.2) is 14.6 Å². The first-order chi connectivity index (χ1) is 19.7. The van der Waals surface area contributed by atoms with Gasteiger partial charge in [0.1, 0.15) is 17.3 Å². The third-order valence-corrected chi connectivity index (χ3v) is 7.72. The fraction of sp³-hybridized carbons (Fsp3) is 0.200. The van der Waals surface area contributed by atoms with Gasteiger partial charge in [0.2, 0.25) is 0 Å². The molecule has 1 unspecified atom stereocenters. The highest BCUT2D eigenvalue weighted by Crippen LogP contribution is 2.32. The minimum atomic E-state index is -1.15. The van der Waals surface area contributed by atoms with Crippen molar-refractivity contribution in [2.24, 2.45) is 4.99 Å². The molecule has 41 heavy (non-hydrogen) atoms. The van der Waals surface area contributed by atoms with Crippen LogP contribution in [-0.2, 0) is 9.53 Å². The molecule has 1 aliphatic rings. The molecule has 0 fully saturated rings. The number of carbonyl (C=O) groups is 2. The van der Waals surface area contributed by atoms with Crippen LogP contribution in [0.1, 0.15) is 48.5 Å². The van der Waals surface area contributed by atoms with E-state index in [0.29, 0.717) is 50.0 Å². The minimum absolute atomic E-state index is 0.0440. The number of allylic oxidation sites excluding steroid dienone is 1. The zero-order valence-corrected chi connectivity index (χ0v) is 23.9. The number of rotatable bonds is 8. The molecule has 0 spiro atoms. The molecule has 0 amide bonds. The molecule has 0 radical (unpaired) electrons. The molecule has 2 aromatic carbocycles. The summed E-state index contributed by atoms with van der Waals surface area (Å²) in [5, 5.41) is 9.51. The minimum Gasteiger partial charge on any atom is -0.494 e. The molecule has 1 N–H and O–H groups in total. The van der Waals surface area contributed by atoms with E-state index < -0.39 is 18.0 Å². The predicted molar refractivity (Wildman–Crippen MR) is 154 cm³/mol. The van der Waals surface area contributed by atoms with E-state index in [1.165, 1.54) is 28.0 Å². The summed E-state index contributed by atoms with van der Waals surface area (Å²) in [6.07, 6.45) is 1.60. The Balaban J connectivity index is 1.60. The number of aromatic carboxylic acids is 1. The Labute approximate surface area is 243 Å². The normalized spacial score (nSPS) is 14.9. The van der Waals surface area contributed by atoms with Crippen LogP contribution in [0.5, 0.6) is 5.75 Å². The molecule has 3 heterocycles. The maximum Gasteiger partial charge on any atom is 0.338 e. The van der Waals surface area contributed by atoms with Gasteiger partial charge in [-0.05, 0) is 68.8 Å². The van der Waals surface area contributed by atoms with Crippen LogP contribution in [0.3, 0.4) is 0 Å². The molecule has 5 rings (SSSR count). The number of fused-ring (bicyclic) bond motifs is 1. The fourth-order valence-electron chi connectivity index (χ4n) is 4.58. The van der Waals surface area contributed by atoms with Crippen molar-refractivity contribution in [3.05, 3.63) is 107 Å². The van der Waals surface area contributed by atoms with Gasteiger partial charge in [-0.15, -0.1) is 0 Å². The summed E-state index contributed by atoms with van der Waals surface area (Å²) in [7, 11) is 0. The third kappa shape index (κ3) is 5.48. The quantitative estimate of drug-likeness (QED) is 0.292. The number of hydrogen-bond donors (Lipinski definition) is 1. The number of thiazole rings is 1. The van der Waals surface area contributed by atoms with Crippen LogP contribution in [0.4, 0.5) is 0 Å². The zero-order chi connectivity index (χ0) is 29.3. The Morgan fingerprint density at radius 3 is 2.56 bits per heavy atom. The van der Waals surface area contributed by atoms with Crippen molar-refractivity contribution in [1.82, 2.24) is 4.57 Å². The van der Waals surface area contributed by atoms with Crippen molar-refractivity contribution in [3.8, 4) is 17.1 Å². The van der Waals surface area contributed by atoms with Crippen molar-refractivity contribution in [2.45, 2.75) is 26.8 Å². The van der Waals surface area contributed by atoms with Crippen LogP contribution in [-0.4, -0.2) is 34.8 Å². The molecule has 0 saturated heterocycles. The number of aromatic nitrogens is 1. The van der Waals surface area contributed by atoms with E-state index in [9.17, 15) is 19.5 Å². The van der Waals surface area contributed by atoms with Gasteiger partial charge < -0.3 is 19.0 Å². The molecule has 210 valence electrons. The molecular weight excluding hydrogens is 568 g/mol. The summed E-state index contributed by atoms with van der Waals surface area (Å²) in [4.78, 5) is 43.4. The summed E-state index contributed by atoms with van der Waals surface area (Å²) in [6, 6.07) is 14.4. The lowest BCUT2D eigenvalue weighted by molar-refractivity contribution is -0.139. The van der Waals surface area contributed by atoms with Crippen LogP contribution in [0.25, 0.3) is 17.4 Å². The highest BCUT2D eigenvalue weighted by atomic mass is 35.5. The average molecular weight is 593 g/mol. The van der Waals surface area contributed by atoms with Crippen LogP contribution in [0.2, 0.25) is 5.02 Å². The summed E-state index contributed by atoms with van der Waals surface area (Å²) in [5.74, 6) is -0.218. The molecular formula is C30H25ClN2O7S. The second kappa shape index (κ2) is 11.6. The Bertz CT molecular complexity index is 1870. The number of carboxylic acid groups (broad SMARTS) is 1. The molecule has 9 nitrogen and oxygen atoms in total. The van der Waals surface area contributed by atoms with Gasteiger partial charge in [0.05, 0.1) is 45.6 Å². The monoisotopic (exact) mass is 592 g/mol. The van der Waals surface area contributed by atoms with Crippen LogP contribution < -0.4 is 19.6 Å². The van der Waals surface area contributed by atoms with Gasteiger partial charge in [-0.3, -0.25) is 9.36 Å². The van der Waals surface area contributed by atoms with Gasteiger partial charge in [0.25, 0.3) is 5.56 Å². The maximum atomic E-state index is 13.8. The number of nitrogens with zero attached hydrogens (tertiary/aromatic N) is 2. The number of hydrogen-bond acceptors (Lipinski definition) is 8. The van der Waals surface area contributed by atoms with Gasteiger partial charge in [0, 0.05) is 11.6 Å². The van der Waals surface area contributed by atoms with E-state index in [-0.39, 0.29) is 28.3 Å². The Kier molecular flexibility index (Phi) is 7.96. The van der Waals surface area contributed by atoms with Crippen LogP contribution >= 0.6 is 22.9 Å². The maximum absolute atomic E-state index is 13.8. The fourth-order valence-corrected chi connectivity index (χ4v) is 5.80. The highest BCUT2D eigenvalue weighted by Gasteiger charge is 2.33. The Morgan fingerprint density at radius 1 is 1.12 bits per heavy atom. The lowest BCUT2D eigenvalue weighted by Gasteiger charge is -2.24. The molecule has 11 heteroatoms. The average Bonchev–Trinajstić information content (AvgIpc) is 3.53. The van der Waals surface area contributed by atoms with Crippen molar-refractivity contribution >= 4 is 41.0 Å². The summed E-state index contributed by atoms with van der Waals surface area (Å²) < 4.78 is 18.7. The number of halogens is 1. The summed E-state index contributed by atoms with van der Waals surface area (Å²) in [6.45, 7) is 6.02. The number of esters is 1. The van der Waals surface area contributed by atoms with Crippen LogP contribution in [0.15, 0.2) is 80.1 Å². The van der Waals surface area contributed by atoms with Crippen molar-refractivity contribution < 1.29 is 28.6 Å². The highest BCUT2D eigenvalue weighted by molar-refractivity contribution is 7.07. The van der Waals surface area contributed by atoms with E-state index >= 15 is 0 Å². The Hall–Kier alpha value is -4.41. The van der Waals surface area contributed by atoms with E-state index in [1.54, 1.807) is 50.3 Å². The first-order valence-corrected chi connectivity index (χ1v) is 14.0. The van der Waals surface area contributed by atoms with E-state index in [2.05, 4.69) is 4.99 Å². The topological polar surface area (TPSA) is 120 Å².